The summed E-state index contributed by atoms with van der Waals surface area (Å²) in [5, 5.41) is 3.91. The molecule has 1 heterocycles. The Bertz CT molecular complexity index is 500. The molecule has 1 N–H and O–H groups in total. The van der Waals surface area contributed by atoms with Gasteiger partial charge in [0, 0.05) is 18.0 Å². The predicted octanol–water partition coefficient (Wildman–Crippen LogP) is 4.84. The van der Waals surface area contributed by atoms with Gasteiger partial charge in [0.15, 0.2) is 0 Å². The van der Waals surface area contributed by atoms with E-state index in [1.54, 1.807) is 0 Å². The monoisotopic (exact) mass is 372 g/mol. The summed E-state index contributed by atoms with van der Waals surface area (Å²) in [4.78, 5) is 14.6. The number of halogens is 2. The van der Waals surface area contributed by atoms with Crippen LogP contribution in [0.3, 0.4) is 0 Å². The lowest BCUT2D eigenvalue weighted by Gasteiger charge is -2.32. The maximum atomic E-state index is 12.1. The van der Waals surface area contributed by atoms with Crippen molar-refractivity contribution in [3.8, 4) is 0 Å². The summed E-state index contributed by atoms with van der Waals surface area (Å²) in [6.45, 7) is 6.93. The van der Waals surface area contributed by atoms with Crippen molar-refractivity contribution >= 4 is 29.9 Å². The minimum absolute atomic E-state index is 0. The number of nitrogens with one attached hydrogen (secondary N) is 1. The van der Waals surface area contributed by atoms with E-state index in [0.717, 1.165) is 23.7 Å². The number of likely N-dealkylation sites (tertiary alicyclic amines) is 1. The van der Waals surface area contributed by atoms with Gasteiger partial charge in [-0.05, 0) is 43.5 Å². The van der Waals surface area contributed by atoms with Crippen molar-refractivity contribution < 1.29 is 4.79 Å². The number of amides is 1. The molecule has 3 nitrogen and oxygen atoms in total. The zero-order chi connectivity index (χ0) is 16.7. The van der Waals surface area contributed by atoms with Crippen molar-refractivity contribution in [2.24, 2.45) is 5.92 Å². The number of carbonyl (C=O) groups is 1. The minimum Gasteiger partial charge on any atom is -0.354 e. The van der Waals surface area contributed by atoms with Gasteiger partial charge in [-0.15, -0.1) is 12.4 Å². The molecule has 0 spiro atoms. The minimum atomic E-state index is 0. The van der Waals surface area contributed by atoms with Gasteiger partial charge in [-0.25, -0.2) is 0 Å². The number of rotatable bonds is 6. The van der Waals surface area contributed by atoms with Crippen molar-refractivity contribution in [2.75, 3.05) is 19.6 Å². The largest absolute Gasteiger partial charge is 0.354 e. The smallest absolute Gasteiger partial charge is 0.220 e. The Hall–Kier alpha value is -0.770. The fraction of sp³-hybridized carbons (Fsp3) is 0.632. The quantitative estimate of drug-likeness (QED) is 0.774. The molecule has 1 aromatic carbocycles. The van der Waals surface area contributed by atoms with Crippen LogP contribution in [0.4, 0.5) is 0 Å². The molecule has 1 aliphatic rings. The summed E-state index contributed by atoms with van der Waals surface area (Å²) in [7, 11) is 0. The summed E-state index contributed by atoms with van der Waals surface area (Å²) in [5.41, 5.74) is 1.13. The SMILES string of the molecule is CC(C)CC(=O)NCC(c1ccccc1Cl)N1CCCCCC1.Cl. The molecule has 1 aromatic rings. The normalized spacial score (nSPS) is 17.0. The van der Waals surface area contributed by atoms with E-state index in [9.17, 15) is 4.79 Å². The topological polar surface area (TPSA) is 32.3 Å². The molecule has 0 aliphatic carbocycles. The highest BCUT2D eigenvalue weighted by atomic mass is 35.5. The summed E-state index contributed by atoms with van der Waals surface area (Å²) < 4.78 is 0. The average molecular weight is 373 g/mol. The van der Waals surface area contributed by atoms with E-state index in [0.29, 0.717) is 18.9 Å². The van der Waals surface area contributed by atoms with E-state index in [1.165, 1.54) is 25.7 Å². The average Bonchev–Trinajstić information content (AvgIpc) is 2.78. The Kier molecular flexibility index (Phi) is 9.72. The van der Waals surface area contributed by atoms with E-state index in [2.05, 4.69) is 30.1 Å². The molecule has 0 bridgehead atoms. The van der Waals surface area contributed by atoms with Crippen molar-refractivity contribution in [3.05, 3.63) is 34.9 Å². The second-order valence-electron chi connectivity index (χ2n) is 6.89. The maximum Gasteiger partial charge on any atom is 0.220 e. The molecule has 1 fully saturated rings. The van der Waals surface area contributed by atoms with Gasteiger partial charge in [0.25, 0.3) is 0 Å². The van der Waals surface area contributed by atoms with Crippen LogP contribution in [0, 0.1) is 5.92 Å². The second-order valence-corrected chi connectivity index (χ2v) is 7.30. The van der Waals surface area contributed by atoms with Gasteiger partial charge in [0.1, 0.15) is 0 Å². The van der Waals surface area contributed by atoms with Crippen LogP contribution in [-0.2, 0) is 4.79 Å². The first-order chi connectivity index (χ1) is 11.1. The lowest BCUT2D eigenvalue weighted by atomic mass is 10.0. The molecule has 1 saturated heterocycles. The van der Waals surface area contributed by atoms with E-state index in [-0.39, 0.29) is 24.4 Å². The van der Waals surface area contributed by atoms with Crippen molar-refractivity contribution in [2.45, 2.75) is 52.0 Å². The molecular weight excluding hydrogens is 343 g/mol. The summed E-state index contributed by atoms with van der Waals surface area (Å²) in [5.74, 6) is 0.513. The Morgan fingerprint density at radius 2 is 1.79 bits per heavy atom. The molecule has 0 saturated carbocycles. The fourth-order valence-corrected chi connectivity index (χ4v) is 3.50. The van der Waals surface area contributed by atoms with Crippen LogP contribution in [0.25, 0.3) is 0 Å². The maximum absolute atomic E-state index is 12.1. The lowest BCUT2D eigenvalue weighted by Crippen LogP contribution is -2.39. The number of benzene rings is 1. The Balaban J connectivity index is 0.00000288. The van der Waals surface area contributed by atoms with Gasteiger partial charge in [-0.2, -0.15) is 0 Å². The van der Waals surface area contributed by atoms with Gasteiger partial charge in [-0.3, -0.25) is 9.69 Å². The van der Waals surface area contributed by atoms with Crippen molar-refractivity contribution in [1.82, 2.24) is 10.2 Å². The zero-order valence-corrected chi connectivity index (χ0v) is 16.3. The highest BCUT2D eigenvalue weighted by molar-refractivity contribution is 6.31. The molecule has 24 heavy (non-hydrogen) atoms. The molecule has 5 heteroatoms. The standard InChI is InChI=1S/C19H29ClN2O.ClH/c1-15(2)13-19(23)21-14-18(16-9-5-6-10-17(16)20)22-11-7-3-4-8-12-22;/h5-6,9-10,15,18H,3-4,7-8,11-14H2,1-2H3,(H,21,23);1H. The van der Waals surface area contributed by atoms with Gasteiger partial charge in [-0.1, -0.05) is 56.5 Å². The molecule has 0 aromatic heterocycles. The van der Waals surface area contributed by atoms with Crippen LogP contribution in [0.15, 0.2) is 24.3 Å². The van der Waals surface area contributed by atoms with E-state index in [1.807, 2.05) is 18.2 Å². The van der Waals surface area contributed by atoms with Crippen LogP contribution in [-0.4, -0.2) is 30.4 Å². The molecule has 1 aliphatic heterocycles. The van der Waals surface area contributed by atoms with E-state index < -0.39 is 0 Å². The molecule has 1 atom stereocenters. The molecule has 1 unspecified atom stereocenters. The first-order valence-corrected chi connectivity index (χ1v) is 9.21. The first kappa shape index (κ1) is 21.3. The second kappa shape index (κ2) is 11.0. The lowest BCUT2D eigenvalue weighted by molar-refractivity contribution is -0.122. The molecule has 0 radical (unpaired) electrons. The third kappa shape index (κ3) is 6.62. The molecule has 136 valence electrons. The van der Waals surface area contributed by atoms with Gasteiger partial charge < -0.3 is 5.32 Å². The first-order valence-electron chi connectivity index (χ1n) is 8.83. The highest BCUT2D eigenvalue weighted by Crippen LogP contribution is 2.29. The Morgan fingerprint density at radius 1 is 1.17 bits per heavy atom. The predicted molar refractivity (Wildman–Crippen MR) is 104 cm³/mol. The highest BCUT2D eigenvalue weighted by Gasteiger charge is 2.23. The van der Waals surface area contributed by atoms with E-state index >= 15 is 0 Å². The van der Waals surface area contributed by atoms with Crippen LogP contribution >= 0.6 is 24.0 Å². The Labute approximate surface area is 157 Å². The van der Waals surface area contributed by atoms with Gasteiger partial charge in [0.2, 0.25) is 5.91 Å². The van der Waals surface area contributed by atoms with Crippen molar-refractivity contribution in [1.29, 1.82) is 0 Å². The molecule has 2 rings (SSSR count). The number of hydrogen-bond donors (Lipinski definition) is 1. The third-order valence-electron chi connectivity index (χ3n) is 4.43. The van der Waals surface area contributed by atoms with Crippen molar-refractivity contribution in [3.63, 3.8) is 0 Å². The zero-order valence-electron chi connectivity index (χ0n) is 14.8. The number of nitrogens with zero attached hydrogens (tertiary/aromatic N) is 1. The van der Waals surface area contributed by atoms with Crippen LogP contribution < -0.4 is 5.32 Å². The number of carbonyl (C=O) groups excluding carboxylic acids is 1. The van der Waals surface area contributed by atoms with E-state index in [4.69, 9.17) is 11.6 Å². The number of hydrogen-bond acceptors (Lipinski definition) is 2. The molecule has 1 amide bonds. The Morgan fingerprint density at radius 3 is 2.38 bits per heavy atom. The van der Waals surface area contributed by atoms with Crippen LogP contribution in [0.5, 0.6) is 0 Å². The fourth-order valence-electron chi connectivity index (χ4n) is 3.24. The summed E-state index contributed by atoms with van der Waals surface area (Å²) >= 11 is 6.44. The van der Waals surface area contributed by atoms with Crippen LogP contribution in [0.1, 0.15) is 57.6 Å². The summed E-state index contributed by atoms with van der Waals surface area (Å²) in [6.07, 6.45) is 5.62. The summed E-state index contributed by atoms with van der Waals surface area (Å²) in [6, 6.07) is 8.19. The molecular formula is C19H30Cl2N2O. The van der Waals surface area contributed by atoms with Gasteiger partial charge in [0.05, 0.1) is 6.04 Å². The van der Waals surface area contributed by atoms with Gasteiger partial charge >= 0.3 is 0 Å². The van der Waals surface area contributed by atoms with Crippen LogP contribution in [0.2, 0.25) is 5.02 Å². The third-order valence-corrected chi connectivity index (χ3v) is 4.78.